The van der Waals surface area contributed by atoms with Gasteiger partial charge in [-0.25, -0.2) is 9.18 Å². The Hall–Kier alpha value is -3.89. The molecule has 3 aromatic rings. The first-order chi connectivity index (χ1) is 16.0. The number of nitrogens with zero attached hydrogens (tertiary/aromatic N) is 1. The number of rotatable bonds is 4. The van der Waals surface area contributed by atoms with E-state index < -0.39 is 41.0 Å². The quantitative estimate of drug-likeness (QED) is 0.494. The molecule has 1 aliphatic heterocycles. The fourth-order valence-corrected chi connectivity index (χ4v) is 4.16. The number of amides is 1. The van der Waals surface area contributed by atoms with Gasteiger partial charge in [-0.05, 0) is 60.2 Å². The van der Waals surface area contributed by atoms with Gasteiger partial charge in [0.2, 0.25) is 5.91 Å². The van der Waals surface area contributed by atoms with Crippen LogP contribution >= 0.6 is 0 Å². The van der Waals surface area contributed by atoms with E-state index in [1.54, 1.807) is 6.92 Å². The number of carbonyl (C=O) groups excluding carboxylic acids is 1. The second-order valence-corrected chi connectivity index (χ2v) is 8.01. The summed E-state index contributed by atoms with van der Waals surface area (Å²) in [6.07, 6.45) is -4.20. The van der Waals surface area contributed by atoms with Gasteiger partial charge in [0.25, 0.3) is 5.56 Å². The van der Waals surface area contributed by atoms with Gasteiger partial charge in [0.05, 0.1) is 29.2 Å². The van der Waals surface area contributed by atoms with Crippen molar-refractivity contribution < 1.29 is 32.3 Å². The highest BCUT2D eigenvalue weighted by molar-refractivity contribution is 5.93. The highest BCUT2D eigenvalue weighted by atomic mass is 19.4. The Morgan fingerprint density at radius 2 is 1.94 bits per heavy atom. The lowest BCUT2D eigenvalue weighted by Gasteiger charge is -2.35. The molecule has 7 nitrogen and oxygen atoms in total. The number of carbonyl (C=O) groups is 2. The van der Waals surface area contributed by atoms with Crippen LogP contribution in [0.5, 0.6) is 0 Å². The molecule has 1 aromatic heterocycles. The molecule has 0 saturated carbocycles. The monoisotopic (exact) mass is 477 g/mol. The number of carboxylic acid groups (broad SMARTS) is 1. The van der Waals surface area contributed by atoms with Gasteiger partial charge in [-0.15, -0.1) is 0 Å². The second-order valence-electron chi connectivity index (χ2n) is 8.01. The van der Waals surface area contributed by atoms with Crippen molar-refractivity contribution in [3.8, 4) is 0 Å². The molecule has 0 fully saturated rings. The summed E-state index contributed by atoms with van der Waals surface area (Å²) in [5, 5.41) is 11.9. The lowest BCUT2D eigenvalue weighted by atomic mass is 9.91. The molecule has 0 spiro atoms. The average molecular weight is 477 g/mol. The van der Waals surface area contributed by atoms with Crippen LogP contribution in [0.15, 0.2) is 41.2 Å². The average Bonchev–Trinajstić information content (AvgIpc) is 2.77. The molecule has 0 saturated heterocycles. The van der Waals surface area contributed by atoms with Crippen molar-refractivity contribution in [2.75, 3.05) is 18.4 Å². The fourth-order valence-electron chi connectivity index (χ4n) is 4.16. The zero-order valence-electron chi connectivity index (χ0n) is 17.8. The van der Waals surface area contributed by atoms with E-state index in [4.69, 9.17) is 5.11 Å². The Morgan fingerprint density at radius 1 is 1.21 bits per heavy atom. The van der Waals surface area contributed by atoms with Gasteiger partial charge in [-0.3, -0.25) is 9.59 Å². The molecule has 34 heavy (non-hydrogen) atoms. The summed E-state index contributed by atoms with van der Waals surface area (Å²) in [5.41, 5.74) is -0.810. The molecule has 2 aromatic carbocycles. The second kappa shape index (κ2) is 8.47. The van der Waals surface area contributed by atoms with Crippen LogP contribution in [0.2, 0.25) is 0 Å². The number of alkyl halides is 3. The summed E-state index contributed by atoms with van der Waals surface area (Å²) >= 11 is 0. The van der Waals surface area contributed by atoms with Gasteiger partial charge in [0, 0.05) is 6.54 Å². The minimum Gasteiger partial charge on any atom is -0.477 e. The summed E-state index contributed by atoms with van der Waals surface area (Å²) in [6, 6.07) is 6.36. The van der Waals surface area contributed by atoms with Crippen molar-refractivity contribution >= 4 is 28.3 Å². The largest absolute Gasteiger partial charge is 0.477 e. The normalized spacial score (nSPS) is 15.8. The fraction of sp³-hybridized carbons (Fsp3) is 0.261. The topological polar surface area (TPSA) is 102 Å². The molecule has 3 N–H and O–H groups in total. The SMILES string of the molecule is C[C@H]1c2ccc(C(F)(F)F)cc2CCN1C(=O)CNc1cc2cc(C(=O)O)[nH]c(=O)c2cc1F. The molecule has 1 aliphatic rings. The molecule has 2 heterocycles. The Labute approximate surface area is 190 Å². The van der Waals surface area contributed by atoms with Gasteiger partial charge in [-0.2, -0.15) is 13.2 Å². The maximum absolute atomic E-state index is 14.5. The lowest BCUT2D eigenvalue weighted by molar-refractivity contribution is -0.138. The number of nitrogens with one attached hydrogen (secondary N) is 2. The Balaban J connectivity index is 1.52. The number of pyridine rings is 1. The van der Waals surface area contributed by atoms with Gasteiger partial charge in [0.1, 0.15) is 11.5 Å². The zero-order chi connectivity index (χ0) is 24.8. The number of aromatic nitrogens is 1. The lowest BCUT2D eigenvalue weighted by Crippen LogP contribution is -2.41. The van der Waals surface area contributed by atoms with E-state index in [9.17, 15) is 31.9 Å². The van der Waals surface area contributed by atoms with Crippen LogP contribution in [0.25, 0.3) is 10.8 Å². The number of hydrogen-bond acceptors (Lipinski definition) is 4. The predicted octanol–water partition coefficient (Wildman–Crippen LogP) is 3.94. The third-order valence-electron chi connectivity index (χ3n) is 5.92. The van der Waals surface area contributed by atoms with Gasteiger partial charge in [-0.1, -0.05) is 6.07 Å². The van der Waals surface area contributed by atoms with Crippen molar-refractivity contribution in [2.45, 2.75) is 25.6 Å². The maximum atomic E-state index is 14.5. The molecule has 1 amide bonds. The number of hydrogen-bond donors (Lipinski definition) is 3. The molecule has 1 atom stereocenters. The Kier molecular flexibility index (Phi) is 5.80. The molecule has 178 valence electrons. The van der Waals surface area contributed by atoms with E-state index in [1.807, 2.05) is 0 Å². The Bertz CT molecular complexity index is 1370. The number of carboxylic acids is 1. The van der Waals surface area contributed by atoms with Crippen molar-refractivity contribution in [1.82, 2.24) is 9.88 Å². The van der Waals surface area contributed by atoms with Gasteiger partial charge >= 0.3 is 12.1 Å². The van der Waals surface area contributed by atoms with Crippen LogP contribution in [-0.2, 0) is 17.4 Å². The first-order valence-corrected chi connectivity index (χ1v) is 10.3. The van der Waals surface area contributed by atoms with Crippen LogP contribution in [0.4, 0.5) is 23.2 Å². The third kappa shape index (κ3) is 4.33. The molecule has 0 aliphatic carbocycles. The highest BCUT2D eigenvalue weighted by Gasteiger charge is 2.33. The first-order valence-electron chi connectivity index (χ1n) is 10.3. The van der Waals surface area contributed by atoms with Crippen molar-refractivity contribution in [3.63, 3.8) is 0 Å². The number of aromatic carboxylic acids is 1. The minimum atomic E-state index is -4.45. The van der Waals surface area contributed by atoms with E-state index in [0.29, 0.717) is 11.1 Å². The molecular formula is C23H19F4N3O4. The van der Waals surface area contributed by atoms with Crippen LogP contribution < -0.4 is 10.9 Å². The van der Waals surface area contributed by atoms with E-state index in [1.165, 1.54) is 23.1 Å². The molecule has 0 bridgehead atoms. The molecule has 11 heteroatoms. The van der Waals surface area contributed by atoms with E-state index >= 15 is 0 Å². The third-order valence-corrected chi connectivity index (χ3v) is 5.92. The summed E-state index contributed by atoms with van der Waals surface area (Å²) in [7, 11) is 0. The first kappa shape index (κ1) is 23.3. The zero-order valence-corrected chi connectivity index (χ0v) is 17.8. The smallest absolute Gasteiger partial charge is 0.416 e. The number of anilines is 1. The number of H-pyrrole nitrogens is 1. The van der Waals surface area contributed by atoms with Crippen LogP contribution in [0.1, 0.15) is 40.1 Å². The number of benzene rings is 2. The number of fused-ring (bicyclic) bond motifs is 2. The van der Waals surface area contributed by atoms with Gasteiger partial charge in [0.15, 0.2) is 0 Å². The predicted molar refractivity (Wildman–Crippen MR) is 115 cm³/mol. The Morgan fingerprint density at radius 3 is 2.62 bits per heavy atom. The van der Waals surface area contributed by atoms with E-state index in [0.717, 1.165) is 18.2 Å². The molecular weight excluding hydrogens is 458 g/mol. The number of aromatic amines is 1. The van der Waals surface area contributed by atoms with Crippen LogP contribution in [0, 0.1) is 5.82 Å². The summed E-state index contributed by atoms with van der Waals surface area (Å²) < 4.78 is 53.5. The van der Waals surface area contributed by atoms with Gasteiger partial charge < -0.3 is 20.3 Å². The number of halogens is 4. The summed E-state index contributed by atoms with van der Waals surface area (Å²) in [5.74, 6) is -2.55. The summed E-state index contributed by atoms with van der Waals surface area (Å²) in [6.45, 7) is 1.60. The standard InChI is InChI=1S/C23H19F4N3O4/c1-11-15-3-2-14(23(25,26)27)6-12(15)4-5-30(11)20(31)10-28-18-7-13-8-19(22(33)34)29-21(32)16(13)9-17(18)24/h2-3,6-9,11,28H,4-5,10H2,1H3,(H,29,32)(H,33,34)/t11-/m0/s1. The van der Waals surface area contributed by atoms with E-state index in [2.05, 4.69) is 10.3 Å². The van der Waals surface area contributed by atoms with Crippen LogP contribution in [0.3, 0.4) is 0 Å². The molecule has 0 unspecified atom stereocenters. The molecule has 0 radical (unpaired) electrons. The van der Waals surface area contributed by atoms with Crippen molar-refractivity contribution in [2.24, 2.45) is 0 Å². The summed E-state index contributed by atoms with van der Waals surface area (Å²) in [4.78, 5) is 39.6. The minimum absolute atomic E-state index is 0.0427. The van der Waals surface area contributed by atoms with Crippen molar-refractivity contribution in [3.05, 3.63) is 75.0 Å². The van der Waals surface area contributed by atoms with E-state index in [-0.39, 0.29) is 41.7 Å². The van der Waals surface area contributed by atoms with Crippen molar-refractivity contribution in [1.29, 1.82) is 0 Å². The molecule has 4 rings (SSSR count). The van der Waals surface area contributed by atoms with Crippen LogP contribution in [-0.4, -0.2) is 40.0 Å². The maximum Gasteiger partial charge on any atom is 0.416 e. The highest BCUT2D eigenvalue weighted by Crippen LogP contribution is 2.35.